The van der Waals surface area contributed by atoms with E-state index in [0.29, 0.717) is 17.0 Å². The Morgan fingerprint density at radius 2 is 1.85 bits per heavy atom. The first-order valence-electron chi connectivity index (χ1n) is 6.36. The van der Waals surface area contributed by atoms with Crippen molar-refractivity contribution in [3.8, 4) is 0 Å². The second kappa shape index (κ2) is 5.55. The van der Waals surface area contributed by atoms with E-state index in [4.69, 9.17) is 4.52 Å². The van der Waals surface area contributed by atoms with Gasteiger partial charge in [-0.15, -0.1) is 0 Å². The fourth-order valence-electron chi connectivity index (χ4n) is 1.92. The number of hydrogen-bond acceptors (Lipinski definition) is 5. The summed E-state index contributed by atoms with van der Waals surface area (Å²) in [6.07, 6.45) is 1.16. The molecule has 0 aliphatic carbocycles. The third-order valence-corrected chi connectivity index (χ3v) is 3.91. The molecule has 1 heterocycles. The van der Waals surface area contributed by atoms with Crippen LogP contribution in [0.25, 0.3) is 0 Å². The average Bonchev–Trinajstić information content (AvgIpc) is 2.54. The Hall–Kier alpha value is -1.37. The number of carbonyl (C=O) groups is 1. The number of rotatable bonds is 4. The van der Waals surface area contributed by atoms with E-state index in [9.17, 15) is 13.2 Å². The van der Waals surface area contributed by atoms with Gasteiger partial charge in [-0.05, 0) is 34.6 Å². The van der Waals surface area contributed by atoms with Gasteiger partial charge in [-0.1, -0.05) is 5.16 Å². The number of sulfone groups is 1. The van der Waals surface area contributed by atoms with Gasteiger partial charge in [0.25, 0.3) is 5.91 Å². The van der Waals surface area contributed by atoms with Crippen molar-refractivity contribution in [2.24, 2.45) is 0 Å². The first kappa shape index (κ1) is 16.7. The first-order chi connectivity index (χ1) is 8.93. The molecule has 1 amide bonds. The zero-order valence-corrected chi connectivity index (χ0v) is 13.7. The van der Waals surface area contributed by atoms with Crippen LogP contribution in [0.15, 0.2) is 4.52 Å². The van der Waals surface area contributed by atoms with E-state index >= 15 is 0 Å². The summed E-state index contributed by atoms with van der Waals surface area (Å²) in [7, 11) is -3.13. The molecular formula is C13H22N2O4S. The van der Waals surface area contributed by atoms with Crippen LogP contribution in [-0.4, -0.2) is 48.5 Å². The van der Waals surface area contributed by atoms with Gasteiger partial charge in [0.05, 0.1) is 11.4 Å². The standard InChI is InChI=1S/C13H22N2O4S/c1-9-11(10(2)19-14-9)12(16)15(13(3,4)5)7-8-20(6,17)18/h7-8H2,1-6H3. The number of nitrogens with zero attached hydrogens (tertiary/aromatic N) is 2. The normalized spacial score (nSPS) is 12.5. The van der Waals surface area contributed by atoms with E-state index in [0.717, 1.165) is 6.26 Å². The van der Waals surface area contributed by atoms with Crippen molar-refractivity contribution >= 4 is 15.7 Å². The third kappa shape index (κ3) is 4.06. The van der Waals surface area contributed by atoms with Crippen LogP contribution in [0, 0.1) is 13.8 Å². The highest BCUT2D eigenvalue weighted by Crippen LogP contribution is 2.21. The largest absolute Gasteiger partial charge is 0.361 e. The zero-order chi connectivity index (χ0) is 15.7. The highest BCUT2D eigenvalue weighted by Gasteiger charge is 2.31. The molecule has 0 unspecified atom stereocenters. The maximum atomic E-state index is 12.6. The average molecular weight is 302 g/mol. The third-order valence-electron chi connectivity index (χ3n) is 2.99. The summed E-state index contributed by atoms with van der Waals surface area (Å²) < 4.78 is 27.7. The molecule has 0 fully saturated rings. The van der Waals surface area contributed by atoms with E-state index in [-0.39, 0.29) is 18.2 Å². The van der Waals surface area contributed by atoms with Crippen molar-refractivity contribution in [3.05, 3.63) is 17.0 Å². The van der Waals surface area contributed by atoms with Gasteiger partial charge in [0, 0.05) is 18.3 Å². The van der Waals surface area contributed by atoms with Crippen LogP contribution < -0.4 is 0 Å². The molecular weight excluding hydrogens is 280 g/mol. The minimum atomic E-state index is -3.13. The topological polar surface area (TPSA) is 80.5 Å². The Morgan fingerprint density at radius 1 is 1.30 bits per heavy atom. The minimum Gasteiger partial charge on any atom is -0.361 e. The molecule has 20 heavy (non-hydrogen) atoms. The molecule has 1 aromatic heterocycles. The zero-order valence-electron chi connectivity index (χ0n) is 12.8. The Kier molecular flexibility index (Phi) is 4.63. The van der Waals surface area contributed by atoms with Crippen LogP contribution >= 0.6 is 0 Å². The first-order valence-corrected chi connectivity index (χ1v) is 8.42. The van der Waals surface area contributed by atoms with Gasteiger partial charge in [-0.3, -0.25) is 4.79 Å². The quantitative estimate of drug-likeness (QED) is 0.843. The van der Waals surface area contributed by atoms with Gasteiger partial charge in [0.1, 0.15) is 21.2 Å². The Morgan fingerprint density at radius 3 is 2.20 bits per heavy atom. The van der Waals surface area contributed by atoms with Gasteiger partial charge >= 0.3 is 0 Å². The number of aromatic nitrogens is 1. The number of amides is 1. The number of hydrogen-bond donors (Lipinski definition) is 0. The van der Waals surface area contributed by atoms with Crippen molar-refractivity contribution in [1.29, 1.82) is 0 Å². The Bertz CT molecular complexity index is 577. The molecule has 0 radical (unpaired) electrons. The van der Waals surface area contributed by atoms with Crippen LogP contribution in [0.2, 0.25) is 0 Å². The Labute approximate surface area is 120 Å². The lowest BCUT2D eigenvalue weighted by atomic mass is 10.0. The van der Waals surface area contributed by atoms with E-state index < -0.39 is 15.4 Å². The van der Waals surface area contributed by atoms with E-state index in [1.807, 2.05) is 20.8 Å². The van der Waals surface area contributed by atoms with Crippen molar-refractivity contribution < 1.29 is 17.7 Å². The molecule has 1 rings (SSSR count). The van der Waals surface area contributed by atoms with Crippen LogP contribution in [-0.2, 0) is 9.84 Å². The molecule has 0 saturated carbocycles. The van der Waals surface area contributed by atoms with Crippen LogP contribution in [0.5, 0.6) is 0 Å². The second-order valence-electron chi connectivity index (χ2n) is 5.96. The molecule has 1 aromatic rings. The van der Waals surface area contributed by atoms with Crippen molar-refractivity contribution in [2.75, 3.05) is 18.6 Å². The summed E-state index contributed by atoms with van der Waals surface area (Å²) in [5.41, 5.74) is 0.437. The lowest BCUT2D eigenvalue weighted by Crippen LogP contribution is -2.48. The lowest BCUT2D eigenvalue weighted by molar-refractivity contribution is 0.0599. The van der Waals surface area contributed by atoms with E-state index in [1.165, 1.54) is 0 Å². The molecule has 0 aliphatic rings. The molecule has 0 aliphatic heterocycles. The lowest BCUT2D eigenvalue weighted by Gasteiger charge is -2.35. The molecule has 0 saturated heterocycles. The van der Waals surface area contributed by atoms with Crippen molar-refractivity contribution in [3.63, 3.8) is 0 Å². The fraction of sp³-hybridized carbons (Fsp3) is 0.692. The maximum Gasteiger partial charge on any atom is 0.259 e. The predicted octanol–water partition coefficient (Wildman–Crippen LogP) is 1.58. The SMILES string of the molecule is Cc1noc(C)c1C(=O)N(CCS(C)(=O)=O)C(C)(C)C. The van der Waals surface area contributed by atoms with Crippen LogP contribution in [0.4, 0.5) is 0 Å². The summed E-state index contributed by atoms with van der Waals surface area (Å²) in [5, 5.41) is 3.77. The molecule has 0 bridgehead atoms. The summed E-state index contributed by atoms with van der Waals surface area (Å²) >= 11 is 0. The molecule has 0 aromatic carbocycles. The fourth-order valence-corrected chi connectivity index (χ4v) is 2.44. The molecule has 0 spiro atoms. The van der Waals surface area contributed by atoms with Crippen molar-refractivity contribution in [1.82, 2.24) is 10.1 Å². The molecule has 0 atom stereocenters. The summed E-state index contributed by atoms with van der Waals surface area (Å²) in [6, 6.07) is 0. The number of aryl methyl sites for hydroxylation is 2. The predicted molar refractivity (Wildman–Crippen MR) is 76.5 cm³/mol. The van der Waals surface area contributed by atoms with E-state index in [1.54, 1.807) is 18.7 Å². The summed E-state index contributed by atoms with van der Waals surface area (Å²) in [5.74, 6) is 0.123. The van der Waals surface area contributed by atoms with Gasteiger partial charge in [-0.2, -0.15) is 0 Å². The van der Waals surface area contributed by atoms with Crippen LogP contribution in [0.1, 0.15) is 42.6 Å². The molecule has 0 N–H and O–H groups in total. The Balaban J connectivity index is 3.10. The van der Waals surface area contributed by atoms with Crippen molar-refractivity contribution in [2.45, 2.75) is 40.2 Å². The van der Waals surface area contributed by atoms with Crippen LogP contribution in [0.3, 0.4) is 0 Å². The summed E-state index contributed by atoms with van der Waals surface area (Å²) in [6.45, 7) is 9.11. The highest BCUT2D eigenvalue weighted by atomic mass is 32.2. The van der Waals surface area contributed by atoms with Gasteiger partial charge < -0.3 is 9.42 Å². The highest BCUT2D eigenvalue weighted by molar-refractivity contribution is 7.90. The molecule has 7 heteroatoms. The molecule has 114 valence electrons. The van der Waals surface area contributed by atoms with E-state index in [2.05, 4.69) is 5.16 Å². The molecule has 6 nitrogen and oxygen atoms in total. The van der Waals surface area contributed by atoms with Gasteiger partial charge in [-0.25, -0.2) is 8.42 Å². The monoisotopic (exact) mass is 302 g/mol. The number of carbonyl (C=O) groups excluding carboxylic acids is 1. The maximum absolute atomic E-state index is 12.6. The summed E-state index contributed by atoms with van der Waals surface area (Å²) in [4.78, 5) is 14.2. The van der Waals surface area contributed by atoms with Gasteiger partial charge in [0.15, 0.2) is 0 Å². The second-order valence-corrected chi connectivity index (χ2v) is 8.22. The minimum absolute atomic E-state index is 0.0701. The smallest absolute Gasteiger partial charge is 0.259 e. The van der Waals surface area contributed by atoms with Gasteiger partial charge in [0.2, 0.25) is 0 Å².